The molecule has 0 saturated heterocycles. The molecule has 3 aromatic rings. The van der Waals surface area contributed by atoms with Gasteiger partial charge < -0.3 is 9.64 Å². The summed E-state index contributed by atoms with van der Waals surface area (Å²) < 4.78 is 6.50. The number of aromatic nitrogens is 2. The van der Waals surface area contributed by atoms with Crippen molar-refractivity contribution in [1.82, 2.24) is 14.5 Å². The van der Waals surface area contributed by atoms with E-state index >= 15 is 0 Å². The molecule has 0 aliphatic carbocycles. The van der Waals surface area contributed by atoms with Crippen molar-refractivity contribution in [2.24, 2.45) is 0 Å². The van der Waals surface area contributed by atoms with E-state index in [-0.39, 0.29) is 11.5 Å². The molecule has 7 nitrogen and oxygen atoms in total. The zero-order valence-corrected chi connectivity index (χ0v) is 18.8. The summed E-state index contributed by atoms with van der Waals surface area (Å²) >= 11 is 1.30. The first-order valence-electron chi connectivity index (χ1n) is 10.4. The molecule has 0 radical (unpaired) electrons. The van der Waals surface area contributed by atoms with Crippen LogP contribution in [-0.2, 0) is 24.2 Å². The molecule has 1 aliphatic heterocycles. The Hall–Kier alpha value is -3.00. The molecule has 0 N–H and O–H groups in total. The van der Waals surface area contributed by atoms with Crippen LogP contribution in [0.4, 0.5) is 0 Å². The monoisotopic (exact) mass is 439 g/mol. The second kappa shape index (κ2) is 8.63. The largest absolute Gasteiger partial charge is 0.465 e. The van der Waals surface area contributed by atoms with E-state index in [9.17, 15) is 14.4 Å². The molecule has 0 atom stereocenters. The number of benzene rings is 1. The summed E-state index contributed by atoms with van der Waals surface area (Å²) in [4.78, 5) is 45.4. The molecule has 162 valence electrons. The molecular weight excluding hydrogens is 414 g/mol. The van der Waals surface area contributed by atoms with Gasteiger partial charge in [0.15, 0.2) is 0 Å². The van der Waals surface area contributed by atoms with E-state index in [1.165, 1.54) is 18.4 Å². The summed E-state index contributed by atoms with van der Waals surface area (Å²) in [6, 6.07) is 6.97. The molecule has 1 aromatic carbocycles. The van der Waals surface area contributed by atoms with Crippen LogP contribution in [0.1, 0.15) is 56.2 Å². The standard InChI is InChI=1S/C23H25N3O4S/c1-14-18-20(24-17-7-5-4-6-12-26(17)21(18)27)31-19(14)22(28)25(2)13-15-8-10-16(11-9-15)23(29)30-3/h8-11H,4-7,12-13H2,1-3H3. The van der Waals surface area contributed by atoms with E-state index in [1.54, 1.807) is 40.8 Å². The van der Waals surface area contributed by atoms with Crippen LogP contribution in [-0.4, -0.2) is 40.5 Å². The summed E-state index contributed by atoms with van der Waals surface area (Å²) in [5.41, 5.74) is 2.03. The number of ether oxygens (including phenoxy) is 1. The highest BCUT2D eigenvalue weighted by Gasteiger charge is 2.24. The molecule has 31 heavy (non-hydrogen) atoms. The van der Waals surface area contributed by atoms with Gasteiger partial charge in [-0.25, -0.2) is 9.78 Å². The molecule has 0 unspecified atom stereocenters. The van der Waals surface area contributed by atoms with Crippen LogP contribution >= 0.6 is 11.3 Å². The number of esters is 1. The van der Waals surface area contributed by atoms with Crippen molar-refractivity contribution in [2.45, 2.75) is 45.7 Å². The van der Waals surface area contributed by atoms with Crippen molar-refractivity contribution in [3.05, 3.63) is 62.0 Å². The number of hydrogen-bond donors (Lipinski definition) is 0. The minimum absolute atomic E-state index is 0.0317. The van der Waals surface area contributed by atoms with E-state index in [0.29, 0.717) is 39.3 Å². The summed E-state index contributed by atoms with van der Waals surface area (Å²) in [7, 11) is 3.07. The fourth-order valence-corrected chi connectivity index (χ4v) is 5.18. The maximum atomic E-state index is 13.2. The van der Waals surface area contributed by atoms with Crippen LogP contribution in [0.15, 0.2) is 29.1 Å². The molecular formula is C23H25N3O4S. The van der Waals surface area contributed by atoms with Gasteiger partial charge in [0, 0.05) is 26.6 Å². The molecule has 0 saturated carbocycles. The van der Waals surface area contributed by atoms with E-state index in [1.807, 2.05) is 6.92 Å². The number of aryl methyl sites for hydroxylation is 2. The molecule has 2 aromatic heterocycles. The van der Waals surface area contributed by atoms with E-state index < -0.39 is 5.97 Å². The first kappa shape index (κ1) is 21.2. The van der Waals surface area contributed by atoms with Crippen molar-refractivity contribution < 1.29 is 14.3 Å². The zero-order valence-electron chi connectivity index (χ0n) is 17.9. The lowest BCUT2D eigenvalue weighted by Gasteiger charge is -2.17. The zero-order chi connectivity index (χ0) is 22.1. The average molecular weight is 440 g/mol. The molecule has 0 bridgehead atoms. The molecule has 3 heterocycles. The van der Waals surface area contributed by atoms with Crippen LogP contribution in [0.5, 0.6) is 0 Å². The molecule has 1 aliphatic rings. The minimum Gasteiger partial charge on any atom is -0.465 e. The SMILES string of the molecule is COC(=O)c1ccc(CN(C)C(=O)c2sc3nc4n(c(=O)c3c2C)CCCCC4)cc1. The third-order valence-electron chi connectivity index (χ3n) is 5.75. The number of methoxy groups -OCH3 is 1. The number of carbonyl (C=O) groups is 2. The number of thiophene rings is 1. The quantitative estimate of drug-likeness (QED) is 0.581. The Morgan fingerprint density at radius 2 is 1.94 bits per heavy atom. The van der Waals surface area contributed by atoms with Gasteiger partial charge >= 0.3 is 5.97 Å². The number of nitrogens with zero attached hydrogens (tertiary/aromatic N) is 3. The molecule has 0 fully saturated rings. The Bertz CT molecular complexity index is 1210. The van der Waals surface area contributed by atoms with Gasteiger partial charge in [-0.05, 0) is 43.0 Å². The van der Waals surface area contributed by atoms with E-state index in [4.69, 9.17) is 9.72 Å². The summed E-state index contributed by atoms with van der Waals surface area (Å²) in [6.45, 7) is 2.91. The van der Waals surface area contributed by atoms with Crippen molar-refractivity contribution in [2.75, 3.05) is 14.2 Å². The predicted molar refractivity (Wildman–Crippen MR) is 120 cm³/mol. The smallest absolute Gasteiger partial charge is 0.337 e. The van der Waals surface area contributed by atoms with E-state index in [0.717, 1.165) is 37.1 Å². The predicted octanol–water partition coefficient (Wildman–Crippen LogP) is 3.55. The van der Waals surface area contributed by atoms with Gasteiger partial charge in [-0.3, -0.25) is 14.2 Å². The van der Waals surface area contributed by atoms with Crippen LogP contribution < -0.4 is 5.56 Å². The topological polar surface area (TPSA) is 81.5 Å². The van der Waals surface area contributed by atoms with Crippen molar-refractivity contribution in [1.29, 1.82) is 0 Å². The highest BCUT2D eigenvalue weighted by molar-refractivity contribution is 7.20. The molecule has 1 amide bonds. The van der Waals surface area contributed by atoms with E-state index in [2.05, 4.69) is 0 Å². The fraction of sp³-hybridized carbons (Fsp3) is 0.391. The number of hydrogen-bond acceptors (Lipinski definition) is 6. The number of amides is 1. The van der Waals surface area contributed by atoms with Gasteiger partial charge in [0.2, 0.25) is 0 Å². The summed E-state index contributed by atoms with van der Waals surface area (Å²) in [5.74, 6) is 0.292. The van der Waals surface area contributed by atoms with Crippen molar-refractivity contribution in [3.63, 3.8) is 0 Å². The van der Waals surface area contributed by atoms with Crippen LogP contribution in [0.2, 0.25) is 0 Å². The Morgan fingerprint density at radius 3 is 2.65 bits per heavy atom. The van der Waals surface area contributed by atoms with Gasteiger partial charge in [0.05, 0.1) is 22.9 Å². The molecule has 4 rings (SSSR count). The fourth-order valence-electron chi connectivity index (χ4n) is 4.00. The van der Waals surface area contributed by atoms with Gasteiger partial charge in [-0.2, -0.15) is 0 Å². The van der Waals surface area contributed by atoms with Gasteiger partial charge in [0.25, 0.3) is 11.5 Å². The lowest BCUT2D eigenvalue weighted by atomic mass is 10.1. The Kier molecular flexibility index (Phi) is 5.91. The highest BCUT2D eigenvalue weighted by atomic mass is 32.1. The number of fused-ring (bicyclic) bond motifs is 2. The molecule has 8 heteroatoms. The summed E-state index contributed by atoms with van der Waals surface area (Å²) in [5, 5.41) is 0.565. The van der Waals surface area contributed by atoms with Crippen LogP contribution in [0.3, 0.4) is 0 Å². The molecule has 0 spiro atoms. The first-order chi connectivity index (χ1) is 14.9. The Labute approximate surface area is 184 Å². The van der Waals surface area contributed by atoms with Crippen molar-refractivity contribution in [3.8, 4) is 0 Å². The van der Waals surface area contributed by atoms with Gasteiger partial charge in [0.1, 0.15) is 10.7 Å². The second-order valence-electron chi connectivity index (χ2n) is 7.88. The lowest BCUT2D eigenvalue weighted by molar-refractivity contribution is 0.0600. The second-order valence-corrected chi connectivity index (χ2v) is 8.88. The average Bonchev–Trinajstić information content (AvgIpc) is 2.94. The van der Waals surface area contributed by atoms with Crippen LogP contribution in [0.25, 0.3) is 10.2 Å². The number of carbonyl (C=O) groups excluding carboxylic acids is 2. The number of rotatable bonds is 4. The summed E-state index contributed by atoms with van der Waals surface area (Å²) in [6.07, 6.45) is 3.91. The maximum absolute atomic E-state index is 13.2. The van der Waals surface area contributed by atoms with Crippen molar-refractivity contribution >= 4 is 33.4 Å². The maximum Gasteiger partial charge on any atom is 0.337 e. The van der Waals surface area contributed by atoms with Gasteiger partial charge in [-0.15, -0.1) is 11.3 Å². The van der Waals surface area contributed by atoms with Crippen LogP contribution in [0, 0.1) is 6.92 Å². The minimum atomic E-state index is -0.394. The Morgan fingerprint density at radius 1 is 1.19 bits per heavy atom. The van der Waals surface area contributed by atoms with Gasteiger partial charge in [-0.1, -0.05) is 18.6 Å². The Balaban J connectivity index is 1.61. The third kappa shape index (κ3) is 3.99. The third-order valence-corrected chi connectivity index (χ3v) is 6.92. The lowest BCUT2D eigenvalue weighted by Crippen LogP contribution is -2.26. The first-order valence-corrected chi connectivity index (χ1v) is 11.2. The highest BCUT2D eigenvalue weighted by Crippen LogP contribution is 2.29. The normalized spacial score (nSPS) is 13.5.